The zero-order valence-corrected chi connectivity index (χ0v) is 13.1. The fourth-order valence-electron chi connectivity index (χ4n) is 1.53. The molecule has 1 aromatic carbocycles. The van der Waals surface area contributed by atoms with Crippen LogP contribution in [-0.2, 0) is 4.74 Å². The fourth-order valence-corrected chi connectivity index (χ4v) is 2.73. The van der Waals surface area contributed by atoms with E-state index >= 15 is 0 Å². The molecule has 0 bridgehead atoms. The topological polar surface area (TPSA) is 44.1 Å². The van der Waals surface area contributed by atoms with Crippen LogP contribution in [0.4, 0.5) is 4.79 Å². The normalized spacial score (nSPS) is 11.8. The first-order valence-electron chi connectivity index (χ1n) is 5.36. The van der Waals surface area contributed by atoms with Crippen LogP contribution in [0, 0.1) is 3.70 Å². The maximum absolute atomic E-state index is 12.0. The Labute approximate surface area is 123 Å². The first-order valence-corrected chi connectivity index (χ1v) is 6.81. The zero-order valence-electron chi connectivity index (χ0n) is 10.2. The van der Waals surface area contributed by atoms with Gasteiger partial charge in [0, 0.05) is 0 Å². The second kappa shape index (κ2) is 4.70. The maximum Gasteiger partial charge on any atom is 0.435 e. The number of ether oxygens (including phenoxy) is 1. The van der Waals surface area contributed by atoms with Crippen molar-refractivity contribution in [1.29, 1.82) is 0 Å². The minimum absolute atomic E-state index is 0.502. The highest BCUT2D eigenvalue weighted by atomic mass is 127. The number of fused-ring (bicyclic) bond motifs is 1. The first kappa shape index (κ1) is 13.6. The molecule has 0 spiro atoms. The lowest BCUT2D eigenvalue weighted by atomic mass is 10.2. The van der Waals surface area contributed by atoms with Gasteiger partial charge in [0.15, 0.2) is 0 Å². The number of aromatic nitrogens is 2. The van der Waals surface area contributed by atoms with Crippen molar-refractivity contribution in [3.05, 3.63) is 26.9 Å². The van der Waals surface area contributed by atoms with E-state index in [4.69, 9.17) is 16.3 Å². The quantitative estimate of drug-likeness (QED) is 0.649. The van der Waals surface area contributed by atoms with E-state index in [0.29, 0.717) is 14.2 Å². The number of nitrogens with zero attached hydrogens (tertiary/aromatic N) is 2. The Morgan fingerprint density at radius 2 is 2.11 bits per heavy atom. The Bertz CT molecular complexity index is 616. The van der Waals surface area contributed by atoms with Crippen molar-refractivity contribution in [2.24, 2.45) is 0 Å². The molecule has 1 heterocycles. The van der Waals surface area contributed by atoms with Gasteiger partial charge in [0.25, 0.3) is 0 Å². The summed E-state index contributed by atoms with van der Waals surface area (Å²) < 4.78 is 7.22. The van der Waals surface area contributed by atoms with Crippen LogP contribution in [0.1, 0.15) is 20.8 Å². The molecule has 6 heteroatoms. The number of hydrogen-bond acceptors (Lipinski definition) is 3. The highest BCUT2D eigenvalue weighted by Crippen LogP contribution is 2.28. The molecule has 2 aromatic rings. The van der Waals surface area contributed by atoms with Crippen molar-refractivity contribution < 1.29 is 9.53 Å². The molecule has 2 rings (SSSR count). The van der Waals surface area contributed by atoms with Crippen LogP contribution in [0.2, 0.25) is 5.02 Å². The molecule has 96 valence electrons. The lowest BCUT2D eigenvalue weighted by Gasteiger charge is -2.19. The van der Waals surface area contributed by atoms with Crippen molar-refractivity contribution >= 4 is 51.2 Å². The monoisotopic (exact) mass is 378 g/mol. The Hall–Kier alpha value is -0.820. The third kappa shape index (κ3) is 2.61. The summed E-state index contributed by atoms with van der Waals surface area (Å²) >= 11 is 8.15. The molecule has 0 N–H and O–H groups in total. The van der Waals surface area contributed by atoms with Gasteiger partial charge in [-0.3, -0.25) is 0 Å². The zero-order chi connectivity index (χ0) is 13.5. The van der Waals surface area contributed by atoms with Crippen molar-refractivity contribution in [1.82, 2.24) is 9.78 Å². The maximum atomic E-state index is 12.0. The van der Waals surface area contributed by atoms with Gasteiger partial charge in [-0.25, -0.2) is 4.79 Å². The minimum Gasteiger partial charge on any atom is -0.442 e. The van der Waals surface area contributed by atoms with Gasteiger partial charge in [0.05, 0.1) is 15.9 Å². The van der Waals surface area contributed by atoms with Crippen LogP contribution in [0.3, 0.4) is 0 Å². The summed E-state index contributed by atoms with van der Waals surface area (Å²) in [5.41, 5.74) is 0.0977. The highest BCUT2D eigenvalue weighted by Gasteiger charge is 2.22. The predicted octanol–water partition coefficient (Wildman–Crippen LogP) is 4.08. The lowest BCUT2D eigenvalue weighted by molar-refractivity contribution is 0.0522. The van der Waals surface area contributed by atoms with Gasteiger partial charge >= 0.3 is 6.09 Å². The molecule has 0 aliphatic rings. The number of hydrogen-bond donors (Lipinski definition) is 0. The molecule has 0 aliphatic heterocycles. The summed E-state index contributed by atoms with van der Waals surface area (Å²) in [7, 11) is 0. The molecule has 0 aliphatic carbocycles. The lowest BCUT2D eigenvalue weighted by Crippen LogP contribution is -2.27. The molecule has 0 saturated heterocycles. The average Bonchev–Trinajstić information content (AvgIpc) is 2.55. The Kier molecular flexibility index (Phi) is 3.55. The van der Waals surface area contributed by atoms with E-state index in [1.807, 2.05) is 20.8 Å². The van der Waals surface area contributed by atoms with Crippen LogP contribution in [0.25, 0.3) is 10.9 Å². The van der Waals surface area contributed by atoms with E-state index in [-0.39, 0.29) is 0 Å². The van der Waals surface area contributed by atoms with Crippen LogP contribution in [0.5, 0.6) is 0 Å². The average molecular weight is 379 g/mol. The predicted molar refractivity (Wildman–Crippen MR) is 79.1 cm³/mol. The standard InChI is InChI=1S/C12H12ClIN2O2/c1-12(2,3)18-11(17)16-8-6-4-5-7(13)9(8)10(14)15-16/h4-6H,1-3H3. The molecule has 0 atom stereocenters. The van der Waals surface area contributed by atoms with E-state index in [1.165, 1.54) is 4.68 Å². The van der Waals surface area contributed by atoms with Gasteiger partial charge in [-0.05, 0) is 55.5 Å². The molecular weight excluding hydrogens is 367 g/mol. The number of halogens is 2. The Morgan fingerprint density at radius 3 is 2.72 bits per heavy atom. The second-order valence-corrected chi connectivity index (χ2v) is 6.25. The van der Waals surface area contributed by atoms with Gasteiger partial charge in [-0.15, -0.1) is 0 Å². The SMILES string of the molecule is CC(C)(C)OC(=O)n1nc(I)c2c(Cl)cccc21. The largest absolute Gasteiger partial charge is 0.442 e. The molecular formula is C12H12ClIN2O2. The number of benzene rings is 1. The smallest absolute Gasteiger partial charge is 0.435 e. The number of rotatable bonds is 0. The number of carbonyl (C=O) groups excluding carboxylic acids is 1. The van der Waals surface area contributed by atoms with Gasteiger partial charge in [-0.1, -0.05) is 17.7 Å². The summed E-state index contributed by atoms with van der Waals surface area (Å²) in [4.78, 5) is 12.0. The van der Waals surface area contributed by atoms with E-state index < -0.39 is 11.7 Å². The summed E-state index contributed by atoms with van der Waals surface area (Å²) in [5.74, 6) is 0. The molecule has 1 aromatic heterocycles. The Balaban J connectivity index is 2.53. The van der Waals surface area contributed by atoms with Crippen molar-refractivity contribution in [3.8, 4) is 0 Å². The van der Waals surface area contributed by atoms with Gasteiger partial charge in [0.2, 0.25) is 0 Å². The van der Waals surface area contributed by atoms with Crippen molar-refractivity contribution in [2.75, 3.05) is 0 Å². The summed E-state index contributed by atoms with van der Waals surface area (Å²) in [5, 5.41) is 5.52. The highest BCUT2D eigenvalue weighted by molar-refractivity contribution is 14.1. The van der Waals surface area contributed by atoms with E-state index in [2.05, 4.69) is 27.7 Å². The molecule has 0 radical (unpaired) electrons. The van der Waals surface area contributed by atoms with Crippen LogP contribution in [-0.4, -0.2) is 21.5 Å². The molecule has 18 heavy (non-hydrogen) atoms. The van der Waals surface area contributed by atoms with Gasteiger partial charge < -0.3 is 4.74 Å². The molecule has 0 saturated carbocycles. The van der Waals surface area contributed by atoms with E-state index in [0.717, 1.165) is 5.39 Å². The third-order valence-electron chi connectivity index (χ3n) is 2.18. The third-order valence-corrected chi connectivity index (χ3v) is 3.25. The van der Waals surface area contributed by atoms with Crippen LogP contribution in [0.15, 0.2) is 18.2 Å². The summed E-state index contributed by atoms with van der Waals surface area (Å²) in [6.07, 6.45) is -0.502. The first-order chi connectivity index (χ1) is 8.29. The van der Waals surface area contributed by atoms with Crippen LogP contribution >= 0.6 is 34.2 Å². The van der Waals surface area contributed by atoms with Crippen LogP contribution < -0.4 is 0 Å². The van der Waals surface area contributed by atoms with Crippen molar-refractivity contribution in [3.63, 3.8) is 0 Å². The minimum atomic E-state index is -0.556. The fraction of sp³-hybridized carbons (Fsp3) is 0.333. The van der Waals surface area contributed by atoms with Crippen molar-refractivity contribution in [2.45, 2.75) is 26.4 Å². The van der Waals surface area contributed by atoms with Gasteiger partial charge in [0.1, 0.15) is 9.30 Å². The van der Waals surface area contributed by atoms with E-state index in [1.54, 1.807) is 18.2 Å². The molecule has 4 nitrogen and oxygen atoms in total. The second-order valence-electron chi connectivity index (χ2n) is 4.82. The Morgan fingerprint density at radius 1 is 1.44 bits per heavy atom. The summed E-state index contributed by atoms with van der Waals surface area (Å²) in [6.45, 7) is 5.44. The summed E-state index contributed by atoms with van der Waals surface area (Å²) in [6, 6.07) is 5.34. The molecule has 0 amide bonds. The molecule has 0 fully saturated rings. The van der Waals surface area contributed by atoms with Gasteiger partial charge in [-0.2, -0.15) is 9.78 Å². The van der Waals surface area contributed by atoms with E-state index in [9.17, 15) is 4.79 Å². The molecule has 0 unspecified atom stereocenters. The number of carbonyl (C=O) groups is 1.